The highest BCUT2D eigenvalue weighted by molar-refractivity contribution is 5.94. The average molecular weight is 352 g/mol. The normalized spacial score (nSPS) is 23.7. The molecule has 2 saturated heterocycles. The van der Waals surface area contributed by atoms with Crippen LogP contribution in [0.3, 0.4) is 0 Å². The van der Waals surface area contributed by atoms with Gasteiger partial charge in [0, 0.05) is 37.2 Å². The molecule has 1 aromatic carbocycles. The monoisotopic (exact) mass is 351 g/mol. The Balaban J connectivity index is 0.00000208. The van der Waals surface area contributed by atoms with E-state index in [0.29, 0.717) is 24.6 Å². The van der Waals surface area contributed by atoms with Gasteiger partial charge in [-0.2, -0.15) is 0 Å². The average Bonchev–Trinajstić information content (AvgIpc) is 2.95. The van der Waals surface area contributed by atoms with Gasteiger partial charge >= 0.3 is 0 Å². The lowest BCUT2D eigenvalue weighted by Gasteiger charge is -2.30. The maximum Gasteiger partial charge on any atom is 0.251 e. The summed E-state index contributed by atoms with van der Waals surface area (Å²) in [5.41, 5.74) is 1.75. The Kier molecular flexibility index (Phi) is 6.63. The van der Waals surface area contributed by atoms with Gasteiger partial charge in [-0.1, -0.05) is 12.1 Å². The number of carbonyl (C=O) groups excluding carboxylic acids is 2. The minimum absolute atomic E-state index is 0. The zero-order chi connectivity index (χ0) is 16.2. The highest BCUT2D eigenvalue weighted by Crippen LogP contribution is 2.15. The SMILES string of the molecule is CC1NCCCC1NC(=O)c1ccc(CN2CCCC2=O)cc1.Cl. The molecule has 2 unspecified atom stereocenters. The molecule has 2 fully saturated rings. The number of likely N-dealkylation sites (tertiary alicyclic amines) is 1. The number of piperidine rings is 1. The van der Waals surface area contributed by atoms with E-state index in [-0.39, 0.29) is 30.3 Å². The van der Waals surface area contributed by atoms with Gasteiger partial charge in [-0.25, -0.2) is 0 Å². The van der Waals surface area contributed by atoms with Crippen LogP contribution in [0, 0.1) is 0 Å². The van der Waals surface area contributed by atoms with Crippen LogP contribution in [0.1, 0.15) is 48.5 Å². The molecule has 0 saturated carbocycles. The van der Waals surface area contributed by atoms with Crippen molar-refractivity contribution in [2.45, 2.75) is 51.2 Å². The molecule has 0 radical (unpaired) electrons. The Morgan fingerprint density at radius 3 is 2.67 bits per heavy atom. The maximum atomic E-state index is 12.4. The summed E-state index contributed by atoms with van der Waals surface area (Å²) >= 11 is 0. The van der Waals surface area contributed by atoms with E-state index in [1.54, 1.807) is 0 Å². The Hall–Kier alpha value is -1.59. The summed E-state index contributed by atoms with van der Waals surface area (Å²) in [7, 11) is 0. The van der Waals surface area contributed by atoms with E-state index < -0.39 is 0 Å². The number of hydrogen-bond acceptors (Lipinski definition) is 3. The second-order valence-electron chi connectivity index (χ2n) is 6.58. The van der Waals surface area contributed by atoms with Crippen LogP contribution in [0.15, 0.2) is 24.3 Å². The standard InChI is InChI=1S/C18H25N3O2.ClH/c1-13-16(4-2-10-19-13)20-18(23)15-8-6-14(7-9-15)12-21-11-3-5-17(21)22;/h6-9,13,16,19H,2-5,10-12H2,1H3,(H,20,23);1H. The first kappa shape index (κ1) is 18.7. The molecular weight excluding hydrogens is 326 g/mol. The lowest BCUT2D eigenvalue weighted by molar-refractivity contribution is -0.128. The predicted molar refractivity (Wildman–Crippen MR) is 96.3 cm³/mol. The van der Waals surface area contributed by atoms with E-state index in [1.807, 2.05) is 29.2 Å². The molecule has 2 amide bonds. The first-order valence-electron chi connectivity index (χ1n) is 8.54. The smallest absolute Gasteiger partial charge is 0.251 e. The minimum atomic E-state index is -0.0191. The highest BCUT2D eigenvalue weighted by atomic mass is 35.5. The molecule has 0 aliphatic carbocycles. The van der Waals surface area contributed by atoms with Crippen LogP contribution in [-0.4, -0.2) is 41.9 Å². The molecule has 2 atom stereocenters. The van der Waals surface area contributed by atoms with Crippen molar-refractivity contribution < 1.29 is 9.59 Å². The molecule has 2 heterocycles. The third-order valence-electron chi connectivity index (χ3n) is 4.84. The second kappa shape index (κ2) is 8.49. The number of benzene rings is 1. The van der Waals surface area contributed by atoms with Crippen molar-refractivity contribution in [2.24, 2.45) is 0 Å². The molecule has 0 bridgehead atoms. The van der Waals surface area contributed by atoms with Crippen molar-refractivity contribution in [3.63, 3.8) is 0 Å². The van der Waals surface area contributed by atoms with Crippen LogP contribution in [0.5, 0.6) is 0 Å². The molecular formula is C18H26ClN3O2. The van der Waals surface area contributed by atoms with E-state index in [9.17, 15) is 9.59 Å². The predicted octanol–water partition coefficient (Wildman–Crippen LogP) is 2.10. The topological polar surface area (TPSA) is 61.4 Å². The molecule has 2 N–H and O–H groups in total. The van der Waals surface area contributed by atoms with E-state index >= 15 is 0 Å². The molecule has 1 aromatic rings. The number of nitrogens with one attached hydrogen (secondary N) is 2. The first-order chi connectivity index (χ1) is 11.1. The largest absolute Gasteiger partial charge is 0.348 e. The number of halogens is 1. The van der Waals surface area contributed by atoms with E-state index in [4.69, 9.17) is 0 Å². The van der Waals surface area contributed by atoms with Gasteiger partial charge in [0.25, 0.3) is 5.91 Å². The van der Waals surface area contributed by atoms with Gasteiger partial charge in [-0.3, -0.25) is 9.59 Å². The van der Waals surface area contributed by atoms with Crippen LogP contribution in [0.2, 0.25) is 0 Å². The summed E-state index contributed by atoms with van der Waals surface area (Å²) in [5.74, 6) is 0.208. The van der Waals surface area contributed by atoms with E-state index in [1.165, 1.54) is 0 Å². The Labute approximate surface area is 149 Å². The first-order valence-corrected chi connectivity index (χ1v) is 8.54. The van der Waals surface area contributed by atoms with Crippen molar-refractivity contribution >= 4 is 24.2 Å². The van der Waals surface area contributed by atoms with Crippen LogP contribution >= 0.6 is 12.4 Å². The van der Waals surface area contributed by atoms with Gasteiger partial charge in [0.1, 0.15) is 0 Å². The lowest BCUT2D eigenvalue weighted by Crippen LogP contribution is -2.51. The maximum absolute atomic E-state index is 12.4. The van der Waals surface area contributed by atoms with Gasteiger partial charge in [0.2, 0.25) is 5.91 Å². The molecule has 3 rings (SSSR count). The van der Waals surface area contributed by atoms with Crippen molar-refractivity contribution in [3.05, 3.63) is 35.4 Å². The van der Waals surface area contributed by atoms with Crippen molar-refractivity contribution in [1.29, 1.82) is 0 Å². The van der Waals surface area contributed by atoms with Crippen LogP contribution in [0.4, 0.5) is 0 Å². The van der Waals surface area contributed by atoms with Gasteiger partial charge in [-0.05, 0) is 50.4 Å². The summed E-state index contributed by atoms with van der Waals surface area (Å²) in [4.78, 5) is 25.9. The fourth-order valence-electron chi connectivity index (χ4n) is 3.35. The van der Waals surface area contributed by atoms with Crippen molar-refractivity contribution in [1.82, 2.24) is 15.5 Å². The molecule has 6 heteroatoms. The Bertz CT molecular complexity index is 576. The lowest BCUT2D eigenvalue weighted by atomic mass is 9.99. The van der Waals surface area contributed by atoms with Crippen molar-refractivity contribution in [2.75, 3.05) is 13.1 Å². The number of carbonyl (C=O) groups is 2. The number of amides is 2. The van der Waals surface area contributed by atoms with E-state index in [0.717, 1.165) is 37.9 Å². The summed E-state index contributed by atoms with van der Waals surface area (Å²) in [6.07, 6.45) is 3.73. The molecule has 2 aliphatic rings. The summed E-state index contributed by atoms with van der Waals surface area (Å²) in [6.45, 7) is 4.62. The van der Waals surface area contributed by atoms with Crippen molar-refractivity contribution in [3.8, 4) is 0 Å². The van der Waals surface area contributed by atoms with Crippen LogP contribution < -0.4 is 10.6 Å². The Morgan fingerprint density at radius 1 is 1.29 bits per heavy atom. The van der Waals surface area contributed by atoms with Gasteiger partial charge < -0.3 is 15.5 Å². The van der Waals surface area contributed by atoms with Gasteiger partial charge in [-0.15, -0.1) is 12.4 Å². The van der Waals surface area contributed by atoms with Gasteiger partial charge in [0.15, 0.2) is 0 Å². The molecule has 0 spiro atoms. The minimum Gasteiger partial charge on any atom is -0.348 e. The molecule has 5 nitrogen and oxygen atoms in total. The second-order valence-corrected chi connectivity index (χ2v) is 6.58. The number of rotatable bonds is 4. The number of nitrogens with zero attached hydrogens (tertiary/aromatic N) is 1. The molecule has 0 aromatic heterocycles. The Morgan fingerprint density at radius 2 is 2.04 bits per heavy atom. The summed E-state index contributed by atoms with van der Waals surface area (Å²) < 4.78 is 0. The molecule has 24 heavy (non-hydrogen) atoms. The highest BCUT2D eigenvalue weighted by Gasteiger charge is 2.23. The fraction of sp³-hybridized carbons (Fsp3) is 0.556. The van der Waals surface area contributed by atoms with Crippen LogP contribution in [-0.2, 0) is 11.3 Å². The van der Waals surface area contributed by atoms with Crippen LogP contribution in [0.25, 0.3) is 0 Å². The number of hydrogen-bond donors (Lipinski definition) is 2. The zero-order valence-electron chi connectivity index (χ0n) is 14.1. The third-order valence-corrected chi connectivity index (χ3v) is 4.84. The molecule has 132 valence electrons. The molecule has 2 aliphatic heterocycles. The third kappa shape index (κ3) is 4.48. The van der Waals surface area contributed by atoms with E-state index in [2.05, 4.69) is 17.6 Å². The summed E-state index contributed by atoms with van der Waals surface area (Å²) in [6, 6.07) is 8.11. The summed E-state index contributed by atoms with van der Waals surface area (Å²) in [5, 5.41) is 6.51. The van der Waals surface area contributed by atoms with Gasteiger partial charge in [0.05, 0.1) is 0 Å². The quantitative estimate of drug-likeness (QED) is 0.873. The fourth-order valence-corrected chi connectivity index (χ4v) is 3.35. The zero-order valence-corrected chi connectivity index (χ0v) is 14.9.